The standard InChI is InChI=1S/C21H36O7.C14H26O8/c1-10(2)17-18(12(4)11(3)9-24-17)28-21-20(27-16(8)23)19(26-15(7)22)13(5)14(6)25-21;1-5(2)12-13(9(17)7(15)4-20-12)22-14-11(19)10(18)8(16)6(3)21-14/h10-14,17-21H,9H2,1-8H3;5-19H,4H2,1-3H3/t11-,12-,13-,14-,17?,18+,19+,20+,21-;6-,7-,8-,9-,10+,11+,12?,13+,14-/m00/s1. The van der Waals surface area contributed by atoms with Crippen LogP contribution < -0.4 is 0 Å². The summed E-state index contributed by atoms with van der Waals surface area (Å²) in [5, 5.41) is 49.4. The van der Waals surface area contributed by atoms with Gasteiger partial charge in [-0.1, -0.05) is 48.5 Å². The quantitative estimate of drug-likeness (QED) is 0.221. The third-order valence-corrected chi connectivity index (χ3v) is 10.3. The van der Waals surface area contributed by atoms with E-state index < -0.39 is 85.6 Å². The van der Waals surface area contributed by atoms with Crippen LogP contribution in [0.15, 0.2) is 0 Å². The van der Waals surface area contributed by atoms with Crippen molar-refractivity contribution in [3.05, 3.63) is 0 Å². The number of hydrogen-bond donors (Lipinski definition) is 5. The summed E-state index contributed by atoms with van der Waals surface area (Å²) >= 11 is 0. The molecule has 4 aliphatic rings. The van der Waals surface area contributed by atoms with Gasteiger partial charge in [0.05, 0.1) is 37.1 Å². The van der Waals surface area contributed by atoms with Crippen LogP contribution in [0.1, 0.15) is 76.2 Å². The lowest BCUT2D eigenvalue weighted by Gasteiger charge is -2.47. The molecule has 0 spiro atoms. The molecule has 4 fully saturated rings. The monoisotopic (exact) mass is 722 g/mol. The zero-order valence-corrected chi connectivity index (χ0v) is 31.3. The highest BCUT2D eigenvalue weighted by atomic mass is 16.7. The highest BCUT2D eigenvalue weighted by molar-refractivity contribution is 5.67. The first kappa shape index (κ1) is 42.9. The maximum Gasteiger partial charge on any atom is 0.303 e. The fourth-order valence-corrected chi connectivity index (χ4v) is 6.81. The van der Waals surface area contributed by atoms with Crippen molar-refractivity contribution in [3.63, 3.8) is 0 Å². The van der Waals surface area contributed by atoms with Gasteiger partial charge in [0.25, 0.3) is 0 Å². The molecular formula is C35H62O15. The average Bonchev–Trinajstić information content (AvgIpc) is 3.03. The van der Waals surface area contributed by atoms with Gasteiger partial charge in [0.2, 0.25) is 0 Å². The van der Waals surface area contributed by atoms with Crippen LogP contribution in [-0.4, -0.2) is 143 Å². The molecule has 0 bridgehead atoms. The normalized spacial score (nSPS) is 45.4. The molecular weight excluding hydrogens is 660 g/mol. The SMILES string of the molecule is CC(=O)O[C@@H]1[C@@H](C)[C@H](C)O[C@@H](O[C@H]2C(C(C)C)OC[C@H](C)[C@@H]2C)[C@@H]1OC(C)=O.CC(C)C1OC[C@H](O)[C@H](O)[C@H]1O[C@@H]1O[C@@H](C)[C@H](O)[C@@H](O)[C@H]1O. The van der Waals surface area contributed by atoms with Crippen molar-refractivity contribution in [2.24, 2.45) is 29.6 Å². The summed E-state index contributed by atoms with van der Waals surface area (Å²) in [6, 6.07) is 0. The van der Waals surface area contributed by atoms with Crippen molar-refractivity contribution in [1.82, 2.24) is 0 Å². The van der Waals surface area contributed by atoms with Gasteiger partial charge >= 0.3 is 11.9 Å². The van der Waals surface area contributed by atoms with Crippen molar-refractivity contribution in [3.8, 4) is 0 Å². The van der Waals surface area contributed by atoms with Crippen LogP contribution in [0.5, 0.6) is 0 Å². The van der Waals surface area contributed by atoms with E-state index in [2.05, 4.69) is 27.7 Å². The molecule has 0 aromatic carbocycles. The van der Waals surface area contributed by atoms with Gasteiger partial charge in [-0.3, -0.25) is 9.59 Å². The molecule has 5 N–H and O–H groups in total. The van der Waals surface area contributed by atoms with E-state index in [0.717, 1.165) is 0 Å². The Labute approximate surface area is 295 Å². The van der Waals surface area contributed by atoms with Crippen LogP contribution in [0.4, 0.5) is 0 Å². The lowest BCUT2D eigenvalue weighted by atomic mass is 9.82. The lowest BCUT2D eigenvalue weighted by molar-refractivity contribution is -0.332. The number of carbonyl (C=O) groups is 2. The maximum atomic E-state index is 11.8. The summed E-state index contributed by atoms with van der Waals surface area (Å²) in [4.78, 5) is 23.4. The van der Waals surface area contributed by atoms with E-state index in [1.165, 1.54) is 13.8 Å². The Bertz CT molecular complexity index is 1070. The summed E-state index contributed by atoms with van der Waals surface area (Å²) < 4.78 is 46.1. The van der Waals surface area contributed by atoms with Crippen molar-refractivity contribution >= 4 is 11.9 Å². The van der Waals surface area contributed by atoms with Gasteiger partial charge in [0.1, 0.15) is 42.7 Å². The molecule has 4 rings (SSSR count). The molecule has 18 atom stereocenters. The van der Waals surface area contributed by atoms with Gasteiger partial charge in [-0.2, -0.15) is 0 Å². The fourth-order valence-electron chi connectivity index (χ4n) is 6.81. The second-order valence-electron chi connectivity index (χ2n) is 15.1. The third-order valence-electron chi connectivity index (χ3n) is 10.3. The second-order valence-corrected chi connectivity index (χ2v) is 15.1. The van der Waals surface area contributed by atoms with Crippen molar-refractivity contribution in [2.45, 2.75) is 168 Å². The third kappa shape index (κ3) is 10.3. The Kier molecular flexibility index (Phi) is 15.9. The van der Waals surface area contributed by atoms with Crippen LogP contribution in [0.3, 0.4) is 0 Å². The molecule has 4 saturated heterocycles. The number of aliphatic hydroxyl groups excluding tert-OH is 5. The predicted molar refractivity (Wildman–Crippen MR) is 176 cm³/mol. The van der Waals surface area contributed by atoms with E-state index in [9.17, 15) is 35.1 Å². The smallest absolute Gasteiger partial charge is 0.303 e. The first-order valence-electron chi connectivity index (χ1n) is 17.9. The molecule has 0 radical (unpaired) electrons. The first-order chi connectivity index (χ1) is 23.3. The van der Waals surface area contributed by atoms with E-state index in [1.54, 1.807) is 6.92 Å². The van der Waals surface area contributed by atoms with Gasteiger partial charge in [-0.25, -0.2) is 0 Å². The first-order valence-corrected chi connectivity index (χ1v) is 17.9. The summed E-state index contributed by atoms with van der Waals surface area (Å²) in [6.07, 6.45) is -12.6. The van der Waals surface area contributed by atoms with E-state index in [1.807, 2.05) is 27.7 Å². The minimum Gasteiger partial charge on any atom is -0.458 e. The number of hydrogen-bond acceptors (Lipinski definition) is 15. The van der Waals surface area contributed by atoms with Gasteiger partial charge in [0.15, 0.2) is 18.7 Å². The van der Waals surface area contributed by atoms with E-state index in [4.69, 9.17) is 37.9 Å². The molecule has 15 nitrogen and oxygen atoms in total. The second kappa shape index (κ2) is 18.5. The zero-order valence-electron chi connectivity index (χ0n) is 31.3. The Balaban J connectivity index is 0.000000278. The summed E-state index contributed by atoms with van der Waals surface area (Å²) in [6.45, 7) is 21.0. The Morgan fingerprint density at radius 1 is 0.580 bits per heavy atom. The molecule has 4 aliphatic heterocycles. The van der Waals surface area contributed by atoms with Gasteiger partial charge < -0.3 is 63.4 Å². The Morgan fingerprint density at radius 2 is 1.08 bits per heavy atom. The number of ether oxygens (including phenoxy) is 8. The van der Waals surface area contributed by atoms with E-state index in [-0.39, 0.29) is 48.6 Å². The molecule has 2 unspecified atom stereocenters. The zero-order chi connectivity index (χ0) is 37.8. The largest absolute Gasteiger partial charge is 0.458 e. The number of esters is 2. The Hall–Kier alpha value is -1.50. The topological polar surface area (TPSA) is 209 Å². The molecule has 0 aromatic rings. The molecule has 4 heterocycles. The number of aliphatic hydroxyl groups is 5. The molecule has 50 heavy (non-hydrogen) atoms. The molecule has 0 amide bonds. The van der Waals surface area contributed by atoms with Crippen molar-refractivity contribution in [1.29, 1.82) is 0 Å². The van der Waals surface area contributed by atoms with Crippen molar-refractivity contribution in [2.75, 3.05) is 13.2 Å². The van der Waals surface area contributed by atoms with Crippen LogP contribution in [0, 0.1) is 29.6 Å². The van der Waals surface area contributed by atoms with Gasteiger partial charge in [-0.05, 0) is 37.5 Å². The molecule has 0 saturated carbocycles. The fraction of sp³-hybridized carbons (Fsp3) is 0.943. The highest BCUT2D eigenvalue weighted by Crippen LogP contribution is 2.37. The maximum absolute atomic E-state index is 11.8. The molecule has 292 valence electrons. The Morgan fingerprint density at radius 3 is 1.64 bits per heavy atom. The summed E-state index contributed by atoms with van der Waals surface area (Å²) in [7, 11) is 0. The van der Waals surface area contributed by atoms with Crippen LogP contribution in [0.2, 0.25) is 0 Å². The lowest BCUT2D eigenvalue weighted by Crippen LogP contribution is -2.62. The van der Waals surface area contributed by atoms with E-state index in [0.29, 0.717) is 12.5 Å². The molecule has 0 aliphatic carbocycles. The highest BCUT2D eigenvalue weighted by Gasteiger charge is 2.51. The summed E-state index contributed by atoms with van der Waals surface area (Å²) in [5.41, 5.74) is 0. The van der Waals surface area contributed by atoms with E-state index >= 15 is 0 Å². The minimum absolute atomic E-state index is 0.000760. The van der Waals surface area contributed by atoms with Crippen molar-refractivity contribution < 1.29 is 73.0 Å². The minimum atomic E-state index is -1.47. The van der Waals surface area contributed by atoms with Crippen LogP contribution in [0.25, 0.3) is 0 Å². The van der Waals surface area contributed by atoms with Gasteiger partial charge in [0, 0.05) is 26.4 Å². The summed E-state index contributed by atoms with van der Waals surface area (Å²) in [5.74, 6) is -0.209. The van der Waals surface area contributed by atoms with Crippen LogP contribution in [-0.2, 0) is 47.5 Å². The number of rotatable bonds is 8. The number of carbonyl (C=O) groups excluding carboxylic acids is 2. The van der Waals surface area contributed by atoms with Gasteiger partial charge in [-0.15, -0.1) is 0 Å². The molecule has 0 aromatic heterocycles. The predicted octanol–water partition coefficient (Wildman–Crippen LogP) is 0.919. The molecule has 15 heteroatoms. The average molecular weight is 723 g/mol. The van der Waals surface area contributed by atoms with Crippen LogP contribution >= 0.6 is 0 Å².